The van der Waals surface area contributed by atoms with Crippen molar-refractivity contribution in [3.05, 3.63) is 29.8 Å². The second-order valence-corrected chi connectivity index (χ2v) is 5.94. The number of piperidine rings is 1. The number of ether oxygens (including phenoxy) is 1. The molecule has 0 saturated carbocycles. The molecule has 1 aromatic rings. The van der Waals surface area contributed by atoms with Crippen LogP contribution in [-0.2, 0) is 0 Å². The van der Waals surface area contributed by atoms with Crippen molar-refractivity contribution in [3.8, 4) is 5.75 Å². The van der Waals surface area contributed by atoms with Gasteiger partial charge in [0.2, 0.25) is 0 Å². The van der Waals surface area contributed by atoms with Gasteiger partial charge in [-0.15, -0.1) is 0 Å². The Morgan fingerprint density at radius 1 is 1.24 bits per heavy atom. The van der Waals surface area contributed by atoms with E-state index in [1.807, 2.05) is 19.2 Å². The van der Waals surface area contributed by atoms with E-state index in [1.54, 1.807) is 12.1 Å². The summed E-state index contributed by atoms with van der Waals surface area (Å²) in [5.41, 5.74) is 1.00. The van der Waals surface area contributed by atoms with Gasteiger partial charge < -0.3 is 10.1 Å². The summed E-state index contributed by atoms with van der Waals surface area (Å²) in [6.45, 7) is 3.38. The van der Waals surface area contributed by atoms with E-state index in [2.05, 4.69) is 28.8 Å². The van der Waals surface area contributed by atoms with Crippen LogP contribution >= 0.6 is 0 Å². The molecule has 3 nitrogen and oxygen atoms in total. The van der Waals surface area contributed by atoms with Gasteiger partial charge in [0, 0.05) is 30.2 Å². The molecule has 1 fully saturated rings. The number of rotatable bonds is 5. The van der Waals surface area contributed by atoms with Crippen LogP contribution in [0.3, 0.4) is 0 Å². The summed E-state index contributed by atoms with van der Waals surface area (Å²) >= 11 is 0. The lowest BCUT2D eigenvalue weighted by atomic mass is 9.88. The van der Waals surface area contributed by atoms with Gasteiger partial charge in [0.15, 0.2) is 0 Å². The summed E-state index contributed by atoms with van der Waals surface area (Å²) < 4.78 is 29.7. The van der Waals surface area contributed by atoms with E-state index >= 15 is 0 Å². The molecule has 0 amide bonds. The van der Waals surface area contributed by atoms with E-state index in [1.165, 1.54) is 0 Å². The Morgan fingerprint density at radius 2 is 1.86 bits per heavy atom. The molecule has 2 rings (SSSR count). The fourth-order valence-electron chi connectivity index (χ4n) is 2.88. The number of likely N-dealkylation sites (tertiary alicyclic amines) is 1. The quantitative estimate of drug-likeness (QED) is 0.901. The number of hydrogen-bond donors (Lipinski definition) is 1. The molecule has 5 heteroatoms. The van der Waals surface area contributed by atoms with Gasteiger partial charge in [-0.05, 0) is 39.8 Å². The first-order chi connectivity index (χ1) is 9.95. The summed E-state index contributed by atoms with van der Waals surface area (Å²) in [7, 11) is 1.99. The topological polar surface area (TPSA) is 24.5 Å². The minimum absolute atomic E-state index is 0.0707. The zero-order valence-corrected chi connectivity index (χ0v) is 12.9. The Morgan fingerprint density at radius 3 is 2.43 bits per heavy atom. The van der Waals surface area contributed by atoms with Crippen LogP contribution in [-0.4, -0.2) is 37.2 Å². The molecule has 1 aliphatic heterocycles. The van der Waals surface area contributed by atoms with Crippen molar-refractivity contribution in [1.82, 2.24) is 10.2 Å². The SMILES string of the molecule is CNC1(C)CCN(C(C)c2ccccc2OC(F)F)CC1. The molecule has 0 spiro atoms. The second-order valence-electron chi connectivity index (χ2n) is 5.94. The summed E-state index contributed by atoms with van der Waals surface area (Å²) in [4.78, 5) is 2.33. The van der Waals surface area contributed by atoms with Crippen LogP contribution in [0.1, 0.15) is 38.3 Å². The number of para-hydroxylation sites is 1. The van der Waals surface area contributed by atoms with Gasteiger partial charge in [-0.2, -0.15) is 8.78 Å². The molecular weight excluding hydrogens is 274 g/mol. The predicted molar refractivity (Wildman–Crippen MR) is 79.8 cm³/mol. The Labute approximate surface area is 125 Å². The third-order valence-electron chi connectivity index (χ3n) is 4.64. The fourth-order valence-corrected chi connectivity index (χ4v) is 2.88. The van der Waals surface area contributed by atoms with Crippen LogP contribution in [0.5, 0.6) is 5.75 Å². The smallest absolute Gasteiger partial charge is 0.387 e. The van der Waals surface area contributed by atoms with Gasteiger partial charge in [0.05, 0.1) is 0 Å². The fraction of sp³-hybridized carbons (Fsp3) is 0.625. The maximum absolute atomic E-state index is 12.5. The van der Waals surface area contributed by atoms with E-state index in [4.69, 9.17) is 0 Å². The van der Waals surface area contributed by atoms with Gasteiger partial charge in [0.1, 0.15) is 5.75 Å². The minimum atomic E-state index is -2.78. The first kappa shape index (κ1) is 16.2. The Hall–Kier alpha value is -1.20. The second kappa shape index (κ2) is 6.71. The summed E-state index contributed by atoms with van der Waals surface area (Å²) in [6, 6.07) is 7.14. The maximum Gasteiger partial charge on any atom is 0.387 e. The summed E-state index contributed by atoms with van der Waals surface area (Å²) in [6.07, 6.45) is 2.09. The monoisotopic (exact) mass is 298 g/mol. The molecule has 0 aromatic heterocycles. The molecule has 21 heavy (non-hydrogen) atoms. The highest BCUT2D eigenvalue weighted by Crippen LogP contribution is 2.33. The summed E-state index contributed by atoms with van der Waals surface area (Å²) in [5, 5.41) is 3.37. The van der Waals surface area contributed by atoms with E-state index in [0.29, 0.717) is 0 Å². The van der Waals surface area contributed by atoms with Gasteiger partial charge in [-0.25, -0.2) is 0 Å². The molecule has 1 aliphatic rings. The first-order valence-electron chi connectivity index (χ1n) is 7.42. The maximum atomic E-state index is 12.5. The van der Waals surface area contributed by atoms with Gasteiger partial charge >= 0.3 is 6.61 Å². The van der Waals surface area contributed by atoms with Gasteiger partial charge in [-0.1, -0.05) is 18.2 Å². The van der Waals surface area contributed by atoms with Crippen LogP contribution in [0.25, 0.3) is 0 Å². The Bertz CT molecular complexity index is 459. The number of alkyl halides is 2. The third kappa shape index (κ3) is 3.92. The van der Waals surface area contributed by atoms with E-state index in [9.17, 15) is 8.78 Å². The highest BCUT2D eigenvalue weighted by Gasteiger charge is 2.31. The van der Waals surface area contributed by atoms with Crippen LogP contribution in [0.15, 0.2) is 24.3 Å². The van der Waals surface area contributed by atoms with Gasteiger partial charge in [0.25, 0.3) is 0 Å². The number of hydrogen-bond acceptors (Lipinski definition) is 3. The van der Waals surface area contributed by atoms with Crippen LogP contribution in [0, 0.1) is 0 Å². The molecule has 118 valence electrons. The summed E-state index contributed by atoms with van der Waals surface area (Å²) in [5.74, 6) is 0.280. The molecule has 1 aromatic carbocycles. The highest BCUT2D eigenvalue weighted by molar-refractivity contribution is 5.35. The predicted octanol–water partition coefficient (Wildman–Crippen LogP) is 3.42. The molecule has 1 saturated heterocycles. The standard InChI is InChI=1S/C16H24F2N2O/c1-12(20-10-8-16(2,19-3)9-11-20)13-6-4-5-7-14(13)21-15(17)18/h4-7,12,15,19H,8-11H2,1-3H3. The lowest BCUT2D eigenvalue weighted by Crippen LogP contribution is -2.50. The molecule has 0 aliphatic carbocycles. The lowest BCUT2D eigenvalue weighted by Gasteiger charge is -2.42. The van der Waals surface area contributed by atoms with E-state index in [0.717, 1.165) is 31.5 Å². The van der Waals surface area contributed by atoms with Crippen LogP contribution in [0.2, 0.25) is 0 Å². The molecular formula is C16H24F2N2O. The van der Waals surface area contributed by atoms with E-state index < -0.39 is 6.61 Å². The largest absolute Gasteiger partial charge is 0.434 e. The molecule has 1 atom stereocenters. The van der Waals surface area contributed by atoms with Gasteiger partial charge in [-0.3, -0.25) is 4.90 Å². The lowest BCUT2D eigenvalue weighted by molar-refractivity contribution is -0.0512. The molecule has 0 bridgehead atoms. The first-order valence-corrected chi connectivity index (χ1v) is 7.42. The molecule has 1 N–H and O–H groups in total. The van der Waals surface area contributed by atoms with Crippen LogP contribution < -0.4 is 10.1 Å². The number of nitrogens with one attached hydrogen (secondary N) is 1. The van der Waals surface area contributed by atoms with E-state index in [-0.39, 0.29) is 17.3 Å². The molecule has 0 radical (unpaired) electrons. The zero-order chi connectivity index (χ0) is 15.5. The number of nitrogens with zero attached hydrogens (tertiary/aromatic N) is 1. The zero-order valence-electron chi connectivity index (χ0n) is 12.9. The minimum Gasteiger partial charge on any atom is -0.434 e. The van der Waals surface area contributed by atoms with Crippen molar-refractivity contribution in [1.29, 1.82) is 0 Å². The highest BCUT2D eigenvalue weighted by atomic mass is 19.3. The van der Waals surface area contributed by atoms with Crippen molar-refractivity contribution < 1.29 is 13.5 Å². The van der Waals surface area contributed by atoms with Crippen molar-refractivity contribution >= 4 is 0 Å². The normalized spacial score (nSPS) is 20.5. The Balaban J connectivity index is 2.09. The van der Waals surface area contributed by atoms with Crippen molar-refractivity contribution in [2.24, 2.45) is 0 Å². The average Bonchev–Trinajstić information content (AvgIpc) is 2.47. The number of benzene rings is 1. The molecule has 1 unspecified atom stereocenters. The number of halogens is 2. The van der Waals surface area contributed by atoms with Crippen LogP contribution in [0.4, 0.5) is 8.78 Å². The van der Waals surface area contributed by atoms with Crippen molar-refractivity contribution in [2.75, 3.05) is 20.1 Å². The molecule has 1 heterocycles. The average molecular weight is 298 g/mol. The van der Waals surface area contributed by atoms with Crippen molar-refractivity contribution in [2.45, 2.75) is 44.9 Å². The van der Waals surface area contributed by atoms with Crippen molar-refractivity contribution in [3.63, 3.8) is 0 Å². The Kier molecular flexibility index (Phi) is 5.17. The third-order valence-corrected chi connectivity index (χ3v) is 4.64.